The highest BCUT2D eigenvalue weighted by molar-refractivity contribution is 6.30. The molecule has 1 aliphatic heterocycles. The number of nitrogens with one attached hydrogen (secondary N) is 1. The Morgan fingerprint density at radius 1 is 1.13 bits per heavy atom. The van der Waals surface area contributed by atoms with Crippen LogP contribution in [0.5, 0.6) is 11.5 Å². The van der Waals surface area contributed by atoms with Crippen LogP contribution in [-0.2, 0) is 9.53 Å². The Bertz CT molecular complexity index is 898. The molecule has 1 heterocycles. The van der Waals surface area contributed by atoms with Crippen LogP contribution in [0.1, 0.15) is 18.4 Å². The topological polar surface area (TPSA) is 80.6 Å². The van der Waals surface area contributed by atoms with Crippen molar-refractivity contribution in [2.24, 2.45) is 0 Å². The van der Waals surface area contributed by atoms with E-state index < -0.39 is 5.91 Å². The maximum absolute atomic E-state index is 12.2. The van der Waals surface area contributed by atoms with Crippen LogP contribution in [0.15, 0.2) is 54.1 Å². The summed E-state index contributed by atoms with van der Waals surface area (Å²) in [6.45, 7) is 1.92. The molecule has 3 rings (SSSR count). The van der Waals surface area contributed by atoms with Gasteiger partial charge in [0, 0.05) is 18.2 Å². The van der Waals surface area contributed by atoms with Gasteiger partial charge in [-0.1, -0.05) is 23.7 Å². The normalized spacial score (nSPS) is 16.0. The zero-order valence-corrected chi connectivity index (χ0v) is 17.2. The van der Waals surface area contributed by atoms with Crippen molar-refractivity contribution < 1.29 is 19.0 Å². The van der Waals surface area contributed by atoms with E-state index >= 15 is 0 Å². The average molecular weight is 427 g/mol. The first kappa shape index (κ1) is 21.7. The summed E-state index contributed by atoms with van der Waals surface area (Å²) in [6.07, 6.45) is 3.52. The molecule has 2 aromatic carbocycles. The first-order valence-electron chi connectivity index (χ1n) is 9.77. The number of benzene rings is 2. The Morgan fingerprint density at radius 3 is 2.33 bits per heavy atom. The Kier molecular flexibility index (Phi) is 8.13. The lowest BCUT2D eigenvalue weighted by Crippen LogP contribution is -2.32. The molecule has 0 aromatic heterocycles. The third kappa shape index (κ3) is 6.80. The summed E-state index contributed by atoms with van der Waals surface area (Å²) in [5.74, 6) is 1.01. The zero-order valence-electron chi connectivity index (χ0n) is 16.5. The van der Waals surface area contributed by atoms with Gasteiger partial charge in [-0.3, -0.25) is 4.79 Å². The Morgan fingerprint density at radius 2 is 1.77 bits per heavy atom. The molecule has 1 amide bonds. The molecule has 1 saturated heterocycles. The van der Waals surface area contributed by atoms with Crippen molar-refractivity contribution in [3.63, 3.8) is 0 Å². The summed E-state index contributed by atoms with van der Waals surface area (Å²) in [5, 5.41) is 12.7. The maximum atomic E-state index is 12.2. The number of amides is 1. The van der Waals surface area contributed by atoms with Crippen molar-refractivity contribution in [2.75, 3.05) is 26.4 Å². The van der Waals surface area contributed by atoms with Crippen LogP contribution in [0, 0.1) is 11.3 Å². The molecular weight excluding hydrogens is 404 g/mol. The highest BCUT2D eigenvalue weighted by Crippen LogP contribution is 2.17. The molecule has 1 aliphatic rings. The van der Waals surface area contributed by atoms with Crippen molar-refractivity contribution in [3.05, 3.63) is 64.7 Å². The largest absolute Gasteiger partial charge is 0.490 e. The summed E-state index contributed by atoms with van der Waals surface area (Å²) in [4.78, 5) is 12.2. The lowest BCUT2D eigenvalue weighted by molar-refractivity contribution is -0.117. The molecule has 0 spiro atoms. The van der Waals surface area contributed by atoms with Crippen LogP contribution in [0.25, 0.3) is 6.08 Å². The van der Waals surface area contributed by atoms with Gasteiger partial charge in [0.05, 0.1) is 6.10 Å². The van der Waals surface area contributed by atoms with Crippen molar-refractivity contribution >= 4 is 23.6 Å². The molecule has 156 valence electrons. The van der Waals surface area contributed by atoms with E-state index in [4.69, 9.17) is 25.8 Å². The van der Waals surface area contributed by atoms with E-state index in [1.54, 1.807) is 54.6 Å². The minimum absolute atomic E-state index is 0.0361. The van der Waals surface area contributed by atoms with Crippen molar-refractivity contribution in [3.8, 4) is 17.6 Å². The maximum Gasteiger partial charge on any atom is 0.262 e. The van der Waals surface area contributed by atoms with Gasteiger partial charge in [0.25, 0.3) is 5.91 Å². The van der Waals surface area contributed by atoms with Gasteiger partial charge in [0.1, 0.15) is 36.4 Å². The molecule has 7 heteroatoms. The summed E-state index contributed by atoms with van der Waals surface area (Å²) >= 11 is 5.84. The number of nitriles is 1. The number of hydrogen-bond donors (Lipinski definition) is 1. The molecule has 1 fully saturated rings. The predicted molar refractivity (Wildman–Crippen MR) is 114 cm³/mol. The zero-order chi connectivity index (χ0) is 21.2. The van der Waals surface area contributed by atoms with E-state index in [9.17, 15) is 10.1 Å². The number of hydrogen-bond acceptors (Lipinski definition) is 5. The van der Waals surface area contributed by atoms with Crippen molar-refractivity contribution in [2.45, 2.75) is 18.9 Å². The van der Waals surface area contributed by atoms with Gasteiger partial charge < -0.3 is 19.5 Å². The van der Waals surface area contributed by atoms with Gasteiger partial charge in [-0.2, -0.15) is 5.26 Å². The molecule has 0 radical (unpaired) electrons. The van der Waals surface area contributed by atoms with Crippen LogP contribution < -0.4 is 14.8 Å². The standard InChI is InChI=1S/C23H23ClN2O4/c24-19-5-9-21(10-6-19)30-13-12-29-20-7-3-17(4-8-20)14-18(15-25)23(27)26-16-22-2-1-11-28-22/h3-10,14,22H,1-2,11-13,16H2,(H,26,27)/b18-14+/t22-/m0/s1. The van der Waals surface area contributed by atoms with Crippen molar-refractivity contribution in [1.82, 2.24) is 5.32 Å². The van der Waals surface area contributed by atoms with Crippen LogP contribution >= 0.6 is 11.6 Å². The number of halogens is 1. The summed E-state index contributed by atoms with van der Waals surface area (Å²) < 4.78 is 16.7. The minimum Gasteiger partial charge on any atom is -0.490 e. The smallest absolute Gasteiger partial charge is 0.262 e. The lowest BCUT2D eigenvalue weighted by Gasteiger charge is -2.10. The van der Waals surface area contributed by atoms with Crippen LogP contribution in [0.2, 0.25) is 5.02 Å². The second-order valence-corrected chi connectivity index (χ2v) is 7.17. The van der Waals surface area contributed by atoms with E-state index in [-0.39, 0.29) is 11.7 Å². The first-order valence-corrected chi connectivity index (χ1v) is 10.1. The lowest BCUT2D eigenvalue weighted by atomic mass is 10.1. The van der Waals surface area contributed by atoms with Crippen molar-refractivity contribution in [1.29, 1.82) is 5.26 Å². The first-order chi connectivity index (χ1) is 14.6. The monoisotopic (exact) mass is 426 g/mol. The van der Waals surface area contributed by atoms with Gasteiger partial charge in [-0.05, 0) is 60.9 Å². The Balaban J connectivity index is 1.45. The third-order valence-electron chi connectivity index (χ3n) is 4.50. The van der Waals surface area contributed by atoms with Gasteiger partial charge in [0.2, 0.25) is 0 Å². The molecule has 0 unspecified atom stereocenters. The van der Waals surface area contributed by atoms with E-state index in [1.165, 1.54) is 0 Å². The molecule has 0 aliphatic carbocycles. The molecule has 30 heavy (non-hydrogen) atoms. The van der Waals surface area contributed by atoms with E-state index in [0.29, 0.717) is 30.5 Å². The number of nitrogens with zero attached hydrogens (tertiary/aromatic N) is 1. The van der Waals surface area contributed by atoms with E-state index in [2.05, 4.69) is 5.32 Å². The van der Waals surface area contributed by atoms with Gasteiger partial charge in [-0.25, -0.2) is 0 Å². The number of ether oxygens (including phenoxy) is 3. The van der Waals surface area contributed by atoms with Crippen LogP contribution in [0.4, 0.5) is 0 Å². The second-order valence-electron chi connectivity index (χ2n) is 6.73. The van der Waals surface area contributed by atoms with Gasteiger partial charge in [0.15, 0.2) is 0 Å². The molecule has 0 saturated carbocycles. The summed E-state index contributed by atoms with van der Waals surface area (Å²) in [6, 6.07) is 16.2. The summed E-state index contributed by atoms with van der Waals surface area (Å²) in [7, 11) is 0. The van der Waals surface area contributed by atoms with Gasteiger partial charge >= 0.3 is 0 Å². The molecule has 2 aromatic rings. The quantitative estimate of drug-likeness (QED) is 0.372. The fourth-order valence-electron chi connectivity index (χ4n) is 2.93. The molecule has 6 nitrogen and oxygen atoms in total. The molecule has 1 atom stereocenters. The highest BCUT2D eigenvalue weighted by atomic mass is 35.5. The predicted octanol–water partition coefficient (Wildman–Crippen LogP) is 4.00. The minimum atomic E-state index is -0.396. The molecule has 1 N–H and O–H groups in total. The van der Waals surface area contributed by atoms with Gasteiger partial charge in [-0.15, -0.1) is 0 Å². The number of carbonyl (C=O) groups excluding carboxylic acids is 1. The fraction of sp³-hybridized carbons (Fsp3) is 0.304. The van der Waals surface area contributed by atoms with Crippen LogP contribution in [-0.4, -0.2) is 38.4 Å². The molecule has 0 bridgehead atoms. The fourth-order valence-corrected chi connectivity index (χ4v) is 3.06. The van der Waals surface area contributed by atoms with Crippen LogP contribution in [0.3, 0.4) is 0 Å². The van der Waals surface area contributed by atoms with E-state index in [1.807, 2.05) is 6.07 Å². The second kappa shape index (κ2) is 11.2. The molecular formula is C23H23ClN2O4. The highest BCUT2D eigenvalue weighted by Gasteiger charge is 2.17. The average Bonchev–Trinajstić information content (AvgIpc) is 3.29. The summed E-state index contributed by atoms with van der Waals surface area (Å²) in [5.41, 5.74) is 0.793. The number of carbonyl (C=O) groups is 1. The Hall–Kier alpha value is -3.01. The Labute approximate surface area is 181 Å². The SMILES string of the molecule is N#C/C(=C\c1ccc(OCCOc2ccc(Cl)cc2)cc1)C(=O)NC[C@@H]1CCCO1. The number of rotatable bonds is 9. The van der Waals surface area contributed by atoms with E-state index in [0.717, 1.165) is 30.8 Å². The third-order valence-corrected chi connectivity index (χ3v) is 4.76.